The van der Waals surface area contributed by atoms with Crippen LogP contribution in [0.2, 0.25) is 0 Å². The quantitative estimate of drug-likeness (QED) is 0.906. The molecular weight excluding hydrogens is 246 g/mol. The number of nitrogens with zero attached hydrogens (tertiary/aromatic N) is 1. The Kier molecular flexibility index (Phi) is 4.88. The molecule has 2 unspecified atom stereocenters. The summed E-state index contributed by atoms with van der Waals surface area (Å²) < 4.78 is 26.9. The number of halogens is 2. The minimum absolute atomic E-state index is 0.0835. The Balaban J connectivity index is 2.33. The summed E-state index contributed by atoms with van der Waals surface area (Å²) in [6.45, 7) is 1.84. The molecule has 106 valence electrons. The Hall–Kier alpha value is -1.00. The lowest BCUT2D eigenvalue weighted by Gasteiger charge is -2.32. The van der Waals surface area contributed by atoms with Gasteiger partial charge in [0.25, 0.3) is 0 Å². The molecule has 0 spiro atoms. The summed E-state index contributed by atoms with van der Waals surface area (Å²) in [7, 11) is 3.97. The second-order valence-electron chi connectivity index (χ2n) is 5.44. The number of hydrogen-bond donors (Lipinski definition) is 1. The molecule has 0 aliphatic carbocycles. The highest BCUT2D eigenvalue weighted by molar-refractivity contribution is 5.22. The van der Waals surface area contributed by atoms with Crippen LogP contribution < -0.4 is 5.32 Å². The molecule has 1 heterocycles. The van der Waals surface area contributed by atoms with Crippen molar-refractivity contribution in [1.29, 1.82) is 0 Å². The van der Waals surface area contributed by atoms with E-state index in [2.05, 4.69) is 10.2 Å². The molecule has 1 fully saturated rings. The summed E-state index contributed by atoms with van der Waals surface area (Å²) in [5.74, 6) is -0.592. The molecule has 1 aliphatic heterocycles. The van der Waals surface area contributed by atoms with Crippen LogP contribution in [0.15, 0.2) is 18.2 Å². The van der Waals surface area contributed by atoms with Crippen LogP contribution >= 0.6 is 0 Å². The molecule has 2 rings (SSSR count). The van der Waals surface area contributed by atoms with E-state index in [9.17, 15) is 8.78 Å². The largest absolute Gasteiger partial charge is 0.319 e. The van der Waals surface area contributed by atoms with Crippen LogP contribution in [0.5, 0.6) is 0 Å². The van der Waals surface area contributed by atoms with E-state index < -0.39 is 11.6 Å². The molecule has 4 heteroatoms. The topological polar surface area (TPSA) is 15.3 Å². The van der Waals surface area contributed by atoms with Crippen molar-refractivity contribution < 1.29 is 8.78 Å². The van der Waals surface area contributed by atoms with Gasteiger partial charge < -0.3 is 5.32 Å². The van der Waals surface area contributed by atoms with Gasteiger partial charge in [-0.1, -0.05) is 6.42 Å². The molecule has 1 aliphatic rings. The van der Waals surface area contributed by atoms with Crippen molar-refractivity contribution in [3.8, 4) is 0 Å². The molecule has 1 N–H and O–H groups in total. The number of benzene rings is 1. The first-order valence-electron chi connectivity index (χ1n) is 6.92. The fraction of sp³-hybridized carbons (Fsp3) is 0.600. The Morgan fingerprint density at radius 3 is 2.53 bits per heavy atom. The third-order valence-electron chi connectivity index (χ3n) is 3.95. The van der Waals surface area contributed by atoms with Gasteiger partial charge >= 0.3 is 0 Å². The highest BCUT2D eigenvalue weighted by Crippen LogP contribution is 2.34. The van der Waals surface area contributed by atoms with E-state index in [-0.39, 0.29) is 6.04 Å². The molecule has 0 amide bonds. The fourth-order valence-electron chi connectivity index (χ4n) is 3.17. The van der Waals surface area contributed by atoms with Crippen molar-refractivity contribution in [3.05, 3.63) is 35.4 Å². The van der Waals surface area contributed by atoms with Gasteiger partial charge in [0.05, 0.1) is 0 Å². The standard InChI is InChI=1S/C15H22F2N2/c1-18-10-11-5-3-4-6-19(2)15(11)12-7-13(16)9-14(17)8-12/h7-9,11,15,18H,3-6,10H2,1-2H3. The van der Waals surface area contributed by atoms with E-state index in [1.807, 2.05) is 14.1 Å². The van der Waals surface area contributed by atoms with Gasteiger partial charge in [-0.05, 0) is 63.6 Å². The summed E-state index contributed by atoms with van der Waals surface area (Å²) in [4.78, 5) is 2.23. The second kappa shape index (κ2) is 6.44. The van der Waals surface area contributed by atoms with Crippen LogP contribution in [0.3, 0.4) is 0 Å². The highest BCUT2D eigenvalue weighted by atomic mass is 19.1. The molecule has 1 aromatic carbocycles. The summed E-state index contributed by atoms with van der Waals surface area (Å²) in [6, 6.07) is 3.96. The van der Waals surface area contributed by atoms with Gasteiger partial charge in [-0.2, -0.15) is 0 Å². The van der Waals surface area contributed by atoms with E-state index in [1.165, 1.54) is 18.6 Å². The van der Waals surface area contributed by atoms with Crippen molar-refractivity contribution in [2.24, 2.45) is 5.92 Å². The summed E-state index contributed by atoms with van der Waals surface area (Å²) in [5, 5.41) is 3.20. The Morgan fingerprint density at radius 1 is 1.21 bits per heavy atom. The minimum atomic E-state index is -0.490. The highest BCUT2D eigenvalue weighted by Gasteiger charge is 2.29. The van der Waals surface area contributed by atoms with E-state index in [0.717, 1.165) is 37.6 Å². The van der Waals surface area contributed by atoms with Crippen LogP contribution in [0.4, 0.5) is 8.78 Å². The first kappa shape index (κ1) is 14.4. The molecule has 1 saturated heterocycles. The smallest absolute Gasteiger partial charge is 0.126 e. The van der Waals surface area contributed by atoms with Crippen molar-refractivity contribution in [3.63, 3.8) is 0 Å². The molecule has 0 radical (unpaired) electrons. The van der Waals surface area contributed by atoms with Gasteiger partial charge in [-0.15, -0.1) is 0 Å². The van der Waals surface area contributed by atoms with Gasteiger partial charge in [0.1, 0.15) is 11.6 Å². The molecule has 2 nitrogen and oxygen atoms in total. The van der Waals surface area contributed by atoms with E-state index in [1.54, 1.807) is 0 Å². The maximum Gasteiger partial charge on any atom is 0.126 e. The number of hydrogen-bond acceptors (Lipinski definition) is 2. The van der Waals surface area contributed by atoms with Crippen LogP contribution in [0.25, 0.3) is 0 Å². The summed E-state index contributed by atoms with van der Waals surface area (Å²) >= 11 is 0. The average molecular weight is 268 g/mol. The lowest BCUT2D eigenvalue weighted by atomic mass is 9.89. The summed E-state index contributed by atoms with van der Waals surface area (Å²) in [5.41, 5.74) is 0.752. The van der Waals surface area contributed by atoms with E-state index in [0.29, 0.717) is 5.92 Å². The lowest BCUT2D eigenvalue weighted by Crippen LogP contribution is -2.34. The Labute approximate surface area is 113 Å². The SMILES string of the molecule is CNCC1CCCCN(C)C1c1cc(F)cc(F)c1. The number of likely N-dealkylation sites (tertiary alicyclic amines) is 1. The lowest BCUT2D eigenvalue weighted by molar-refractivity contribution is 0.190. The molecule has 19 heavy (non-hydrogen) atoms. The third kappa shape index (κ3) is 3.51. The maximum absolute atomic E-state index is 13.5. The fourth-order valence-corrected chi connectivity index (χ4v) is 3.17. The molecule has 0 aromatic heterocycles. The van der Waals surface area contributed by atoms with Crippen molar-refractivity contribution in [1.82, 2.24) is 10.2 Å². The summed E-state index contributed by atoms with van der Waals surface area (Å²) in [6.07, 6.45) is 3.41. The van der Waals surface area contributed by atoms with Crippen LogP contribution in [0, 0.1) is 17.6 Å². The maximum atomic E-state index is 13.5. The van der Waals surface area contributed by atoms with Crippen molar-refractivity contribution in [2.45, 2.75) is 25.3 Å². The molecule has 0 bridgehead atoms. The first-order valence-corrected chi connectivity index (χ1v) is 6.92. The Morgan fingerprint density at radius 2 is 1.89 bits per heavy atom. The van der Waals surface area contributed by atoms with Gasteiger partial charge in [0, 0.05) is 12.1 Å². The number of rotatable bonds is 3. The second-order valence-corrected chi connectivity index (χ2v) is 5.44. The van der Waals surface area contributed by atoms with Crippen molar-refractivity contribution >= 4 is 0 Å². The minimum Gasteiger partial charge on any atom is -0.319 e. The zero-order chi connectivity index (χ0) is 13.8. The van der Waals surface area contributed by atoms with Gasteiger partial charge in [0.15, 0.2) is 0 Å². The molecule has 1 aromatic rings. The monoisotopic (exact) mass is 268 g/mol. The van der Waals surface area contributed by atoms with Crippen LogP contribution in [0.1, 0.15) is 30.9 Å². The first-order chi connectivity index (χ1) is 9.11. The molecular formula is C15H22F2N2. The molecule has 2 atom stereocenters. The van der Waals surface area contributed by atoms with E-state index >= 15 is 0 Å². The zero-order valence-corrected chi connectivity index (χ0v) is 11.6. The van der Waals surface area contributed by atoms with Crippen molar-refractivity contribution in [2.75, 3.05) is 27.2 Å². The normalized spacial score (nSPS) is 25.3. The van der Waals surface area contributed by atoms with Gasteiger partial charge in [-0.3, -0.25) is 4.90 Å². The Bertz CT molecular complexity index is 402. The molecule has 0 saturated carbocycles. The van der Waals surface area contributed by atoms with Gasteiger partial charge in [-0.25, -0.2) is 8.78 Å². The van der Waals surface area contributed by atoms with Crippen LogP contribution in [-0.4, -0.2) is 32.1 Å². The van der Waals surface area contributed by atoms with Crippen LogP contribution in [-0.2, 0) is 0 Å². The van der Waals surface area contributed by atoms with Gasteiger partial charge in [0.2, 0.25) is 0 Å². The zero-order valence-electron chi connectivity index (χ0n) is 11.6. The predicted molar refractivity (Wildman–Crippen MR) is 73.0 cm³/mol. The average Bonchev–Trinajstić information content (AvgIpc) is 2.50. The number of nitrogens with one attached hydrogen (secondary N) is 1. The van der Waals surface area contributed by atoms with E-state index in [4.69, 9.17) is 0 Å². The predicted octanol–water partition coefficient (Wildman–Crippen LogP) is 2.96. The third-order valence-corrected chi connectivity index (χ3v) is 3.95.